The molecule has 0 saturated carbocycles. The first kappa shape index (κ1) is 11.3. The molecule has 1 aromatic heterocycles. The van der Waals surface area contributed by atoms with Crippen LogP contribution >= 0.6 is 0 Å². The van der Waals surface area contributed by atoms with Gasteiger partial charge in [-0.05, 0) is 48.4 Å². The molecule has 3 nitrogen and oxygen atoms in total. The highest BCUT2D eigenvalue weighted by Crippen LogP contribution is 2.14. The first-order chi connectivity index (χ1) is 8.16. The summed E-state index contributed by atoms with van der Waals surface area (Å²) in [6, 6.07) is 9.07. The number of benzene rings is 1. The molecular formula is C14H14N2O. The highest BCUT2D eigenvalue weighted by Gasteiger charge is 2.07. The molecule has 3 heteroatoms. The zero-order valence-corrected chi connectivity index (χ0v) is 9.68. The van der Waals surface area contributed by atoms with Crippen molar-refractivity contribution in [3.05, 3.63) is 59.4 Å². The molecule has 0 spiro atoms. The lowest BCUT2D eigenvalue weighted by Gasteiger charge is -2.04. The van der Waals surface area contributed by atoms with Gasteiger partial charge >= 0.3 is 0 Å². The van der Waals surface area contributed by atoms with Crippen molar-refractivity contribution in [1.29, 1.82) is 0 Å². The molecule has 0 aliphatic carbocycles. The topological polar surface area (TPSA) is 56.0 Å². The van der Waals surface area contributed by atoms with E-state index in [0.717, 1.165) is 11.1 Å². The van der Waals surface area contributed by atoms with E-state index in [1.807, 2.05) is 25.1 Å². The van der Waals surface area contributed by atoms with Gasteiger partial charge in [-0.3, -0.25) is 9.78 Å². The molecule has 0 bridgehead atoms. The summed E-state index contributed by atoms with van der Waals surface area (Å²) in [5.74, 6) is 0.0966. The summed E-state index contributed by atoms with van der Waals surface area (Å²) in [5, 5.41) is 0. The molecule has 0 aliphatic rings. The van der Waals surface area contributed by atoms with Gasteiger partial charge in [-0.2, -0.15) is 0 Å². The molecule has 2 aromatic rings. The Balaban J connectivity index is 2.18. The number of rotatable bonds is 3. The van der Waals surface area contributed by atoms with Crippen molar-refractivity contribution in [2.45, 2.75) is 13.3 Å². The fourth-order valence-corrected chi connectivity index (χ4v) is 1.64. The minimum absolute atomic E-state index is 0.0966. The van der Waals surface area contributed by atoms with Crippen molar-refractivity contribution in [2.75, 3.05) is 5.73 Å². The molecule has 1 heterocycles. The second-order valence-corrected chi connectivity index (χ2v) is 4.03. The number of aryl methyl sites for hydroxylation is 1. The van der Waals surface area contributed by atoms with E-state index in [0.29, 0.717) is 17.7 Å². The second-order valence-electron chi connectivity index (χ2n) is 4.03. The molecule has 0 fully saturated rings. The molecule has 0 aliphatic heterocycles. The van der Waals surface area contributed by atoms with E-state index in [2.05, 4.69) is 4.98 Å². The van der Waals surface area contributed by atoms with E-state index in [4.69, 9.17) is 5.73 Å². The van der Waals surface area contributed by atoms with Gasteiger partial charge in [-0.1, -0.05) is 0 Å². The zero-order valence-electron chi connectivity index (χ0n) is 9.68. The van der Waals surface area contributed by atoms with Crippen molar-refractivity contribution in [2.24, 2.45) is 0 Å². The van der Waals surface area contributed by atoms with Gasteiger partial charge in [0, 0.05) is 30.1 Å². The number of nitrogen functional groups attached to an aromatic ring is 1. The van der Waals surface area contributed by atoms with E-state index < -0.39 is 0 Å². The third-order valence-corrected chi connectivity index (χ3v) is 2.71. The third-order valence-electron chi connectivity index (χ3n) is 2.71. The van der Waals surface area contributed by atoms with Gasteiger partial charge in [0.05, 0.1) is 0 Å². The minimum Gasteiger partial charge on any atom is -0.399 e. The molecule has 0 atom stereocenters. The maximum absolute atomic E-state index is 12.0. The number of nitrogens with zero attached hydrogens (tertiary/aromatic N) is 1. The third kappa shape index (κ3) is 2.69. The van der Waals surface area contributed by atoms with E-state index in [1.165, 1.54) is 0 Å². The Morgan fingerprint density at radius 3 is 2.59 bits per heavy atom. The maximum atomic E-state index is 12.0. The van der Waals surface area contributed by atoms with Crippen LogP contribution in [0.4, 0.5) is 5.69 Å². The van der Waals surface area contributed by atoms with Gasteiger partial charge < -0.3 is 5.73 Å². The molecule has 0 saturated heterocycles. The van der Waals surface area contributed by atoms with Gasteiger partial charge in [0.25, 0.3) is 0 Å². The van der Waals surface area contributed by atoms with Crippen molar-refractivity contribution < 1.29 is 4.79 Å². The van der Waals surface area contributed by atoms with Gasteiger partial charge in [-0.15, -0.1) is 0 Å². The average Bonchev–Trinajstić information content (AvgIpc) is 2.34. The molecule has 0 radical (unpaired) electrons. The van der Waals surface area contributed by atoms with E-state index in [9.17, 15) is 4.79 Å². The van der Waals surface area contributed by atoms with E-state index in [1.54, 1.807) is 24.5 Å². The fourth-order valence-electron chi connectivity index (χ4n) is 1.64. The molecule has 0 unspecified atom stereocenters. The molecule has 17 heavy (non-hydrogen) atoms. The van der Waals surface area contributed by atoms with Crippen LogP contribution in [-0.2, 0) is 6.42 Å². The Kier molecular flexibility index (Phi) is 3.19. The highest BCUT2D eigenvalue weighted by molar-refractivity contribution is 5.98. The van der Waals surface area contributed by atoms with Crippen molar-refractivity contribution in [3.63, 3.8) is 0 Å². The lowest BCUT2D eigenvalue weighted by atomic mass is 10.0. The Hall–Kier alpha value is -2.16. The van der Waals surface area contributed by atoms with Gasteiger partial charge in [-0.25, -0.2) is 0 Å². The summed E-state index contributed by atoms with van der Waals surface area (Å²) in [6.45, 7) is 1.90. The van der Waals surface area contributed by atoms with Crippen LogP contribution in [0.2, 0.25) is 0 Å². The first-order valence-electron chi connectivity index (χ1n) is 5.45. The number of nitrogens with two attached hydrogens (primary N) is 1. The van der Waals surface area contributed by atoms with Gasteiger partial charge in [0.15, 0.2) is 5.78 Å². The molecule has 1 aromatic carbocycles. The summed E-state index contributed by atoms with van der Waals surface area (Å²) >= 11 is 0. The number of aromatic nitrogens is 1. The van der Waals surface area contributed by atoms with Crippen LogP contribution in [0.5, 0.6) is 0 Å². The molecule has 2 rings (SSSR count). The van der Waals surface area contributed by atoms with E-state index >= 15 is 0 Å². The Morgan fingerprint density at radius 1 is 1.24 bits per heavy atom. The van der Waals surface area contributed by atoms with Crippen LogP contribution in [0.3, 0.4) is 0 Å². The predicted octanol–water partition coefficient (Wildman–Crippen LogP) is 2.40. The molecule has 86 valence electrons. The zero-order chi connectivity index (χ0) is 12.3. The molecule has 0 amide bonds. The summed E-state index contributed by atoms with van der Waals surface area (Å²) in [6.07, 6.45) is 3.78. The summed E-state index contributed by atoms with van der Waals surface area (Å²) in [5.41, 5.74) is 9.05. The van der Waals surface area contributed by atoms with Gasteiger partial charge in [0.1, 0.15) is 0 Å². The number of hydrogen-bond donors (Lipinski definition) is 1. The summed E-state index contributed by atoms with van der Waals surface area (Å²) in [7, 11) is 0. The number of hydrogen-bond acceptors (Lipinski definition) is 3. The lowest BCUT2D eigenvalue weighted by molar-refractivity contribution is 0.0993. The Morgan fingerprint density at radius 2 is 1.94 bits per heavy atom. The Labute approximate surface area is 100 Å². The monoisotopic (exact) mass is 226 g/mol. The standard InChI is InChI=1S/C14H14N2O/c1-10-8-12(2-3-13(10)15)14(17)9-11-4-6-16-7-5-11/h2-8H,9,15H2,1H3. The number of anilines is 1. The predicted molar refractivity (Wildman–Crippen MR) is 67.9 cm³/mol. The van der Waals surface area contributed by atoms with Crippen molar-refractivity contribution in [1.82, 2.24) is 4.98 Å². The number of Topliss-reactive ketones (excluding diaryl/α,β-unsaturated/α-hetero) is 1. The number of ketones is 1. The quantitative estimate of drug-likeness (QED) is 0.645. The highest BCUT2D eigenvalue weighted by atomic mass is 16.1. The van der Waals surface area contributed by atoms with Gasteiger partial charge in [0.2, 0.25) is 0 Å². The second kappa shape index (κ2) is 4.78. The van der Waals surface area contributed by atoms with Crippen LogP contribution in [0.25, 0.3) is 0 Å². The van der Waals surface area contributed by atoms with Crippen LogP contribution in [0.1, 0.15) is 21.5 Å². The summed E-state index contributed by atoms with van der Waals surface area (Å²) < 4.78 is 0. The smallest absolute Gasteiger partial charge is 0.167 e. The maximum Gasteiger partial charge on any atom is 0.167 e. The number of carbonyl (C=O) groups excluding carboxylic acids is 1. The SMILES string of the molecule is Cc1cc(C(=O)Cc2ccncc2)ccc1N. The van der Waals surface area contributed by atoms with Crippen molar-refractivity contribution in [3.8, 4) is 0 Å². The van der Waals surface area contributed by atoms with Crippen LogP contribution in [0.15, 0.2) is 42.7 Å². The van der Waals surface area contributed by atoms with Crippen LogP contribution in [-0.4, -0.2) is 10.8 Å². The van der Waals surface area contributed by atoms with Crippen LogP contribution < -0.4 is 5.73 Å². The lowest BCUT2D eigenvalue weighted by Crippen LogP contribution is -2.04. The normalized spacial score (nSPS) is 10.2. The largest absolute Gasteiger partial charge is 0.399 e. The minimum atomic E-state index is 0.0966. The average molecular weight is 226 g/mol. The van der Waals surface area contributed by atoms with E-state index in [-0.39, 0.29) is 5.78 Å². The van der Waals surface area contributed by atoms with Crippen molar-refractivity contribution >= 4 is 11.5 Å². The number of carbonyl (C=O) groups is 1. The molecular weight excluding hydrogens is 212 g/mol. The Bertz CT molecular complexity index is 535. The fraction of sp³-hybridized carbons (Fsp3) is 0.143. The van der Waals surface area contributed by atoms with Crippen LogP contribution in [0, 0.1) is 6.92 Å². The summed E-state index contributed by atoms with van der Waals surface area (Å²) in [4.78, 5) is 15.9. The first-order valence-corrected chi connectivity index (χ1v) is 5.45. The number of pyridine rings is 1. The molecule has 2 N–H and O–H groups in total.